The Kier molecular flexibility index (Phi) is 5.97. The maximum atomic E-state index is 13.0. The van der Waals surface area contributed by atoms with Crippen LogP contribution in [0.5, 0.6) is 0 Å². The number of aromatic nitrogens is 2. The van der Waals surface area contributed by atoms with Gasteiger partial charge in [0.1, 0.15) is 0 Å². The molecule has 9 heteroatoms. The molecule has 0 atom stereocenters. The van der Waals surface area contributed by atoms with Crippen molar-refractivity contribution in [2.24, 2.45) is 10.2 Å². The Labute approximate surface area is 187 Å². The summed E-state index contributed by atoms with van der Waals surface area (Å²) >= 11 is 11.8. The lowest BCUT2D eigenvalue weighted by atomic mass is 10.1. The number of carbonyl (C=O) groups is 1. The lowest BCUT2D eigenvalue weighted by molar-refractivity contribution is 0.250. The minimum atomic E-state index is -0.677. The van der Waals surface area contributed by atoms with Gasteiger partial charge in [-0.1, -0.05) is 53.5 Å². The number of H-pyrrole nitrogens is 1. The molecule has 1 aromatic heterocycles. The Hall–Kier alpha value is -3.68. The molecule has 0 bridgehead atoms. The summed E-state index contributed by atoms with van der Waals surface area (Å²) in [4.78, 5) is 25.7. The molecule has 0 aliphatic rings. The van der Waals surface area contributed by atoms with Crippen LogP contribution in [-0.4, -0.2) is 15.8 Å². The molecule has 7 nitrogen and oxygen atoms in total. The van der Waals surface area contributed by atoms with Crippen LogP contribution in [0.4, 0.5) is 21.9 Å². The Balaban J connectivity index is 1.75. The monoisotopic (exact) mass is 451 g/mol. The van der Waals surface area contributed by atoms with Crippen molar-refractivity contribution in [3.05, 3.63) is 99.3 Å². The van der Waals surface area contributed by atoms with Crippen LogP contribution < -0.4 is 10.9 Å². The van der Waals surface area contributed by atoms with Crippen molar-refractivity contribution in [1.29, 1.82) is 0 Å². The second-order valence-electron chi connectivity index (χ2n) is 6.46. The van der Waals surface area contributed by atoms with E-state index in [-0.39, 0.29) is 5.69 Å². The van der Waals surface area contributed by atoms with Crippen LogP contribution in [0.3, 0.4) is 0 Å². The van der Waals surface area contributed by atoms with Crippen LogP contribution in [0.25, 0.3) is 11.3 Å². The van der Waals surface area contributed by atoms with Crippen molar-refractivity contribution < 1.29 is 4.79 Å². The second kappa shape index (κ2) is 8.99. The smallest absolute Gasteiger partial charge is 0.306 e. The number of rotatable bonds is 4. The summed E-state index contributed by atoms with van der Waals surface area (Å²) in [5.74, 6) is 0. The third-order valence-electron chi connectivity index (χ3n) is 4.32. The zero-order valence-electron chi connectivity index (χ0n) is 15.9. The van der Waals surface area contributed by atoms with Crippen LogP contribution in [0.1, 0.15) is 0 Å². The summed E-state index contributed by atoms with van der Waals surface area (Å²) in [6, 6.07) is 21.6. The van der Waals surface area contributed by atoms with Crippen LogP contribution >= 0.6 is 23.2 Å². The molecule has 4 rings (SSSR count). The molecule has 0 radical (unpaired) electrons. The number of hydrogen-bond acceptors (Lipinski definition) is 4. The molecular formula is C22H15Cl2N5O2. The molecule has 1 heterocycles. The number of carbonyl (C=O) groups excluding carboxylic acids is 1. The lowest BCUT2D eigenvalue weighted by Crippen LogP contribution is -2.29. The van der Waals surface area contributed by atoms with Crippen molar-refractivity contribution in [3.8, 4) is 11.3 Å². The molecule has 0 spiro atoms. The van der Waals surface area contributed by atoms with Gasteiger partial charge in [0.2, 0.25) is 0 Å². The van der Waals surface area contributed by atoms with E-state index in [1.807, 2.05) is 18.2 Å². The highest BCUT2D eigenvalue weighted by Crippen LogP contribution is 2.28. The quantitative estimate of drug-likeness (QED) is 0.340. The summed E-state index contributed by atoms with van der Waals surface area (Å²) in [5, 5.41) is 14.8. The molecule has 0 unspecified atom stereocenters. The van der Waals surface area contributed by atoms with E-state index in [1.54, 1.807) is 60.7 Å². The number of anilines is 1. The van der Waals surface area contributed by atoms with Crippen molar-refractivity contribution in [1.82, 2.24) is 9.78 Å². The van der Waals surface area contributed by atoms with Gasteiger partial charge < -0.3 is 5.32 Å². The number of aromatic amines is 1. The number of nitrogens with one attached hydrogen (secondary N) is 2. The summed E-state index contributed by atoms with van der Waals surface area (Å²) in [6.45, 7) is 0. The molecule has 154 valence electrons. The molecular weight excluding hydrogens is 437 g/mol. The van der Waals surface area contributed by atoms with E-state index in [1.165, 1.54) is 0 Å². The van der Waals surface area contributed by atoms with Crippen LogP contribution in [0.15, 0.2) is 93.9 Å². The zero-order chi connectivity index (χ0) is 21.8. The molecule has 4 aromatic rings. The number of benzene rings is 3. The number of halogens is 2. The second-order valence-corrected chi connectivity index (χ2v) is 7.33. The van der Waals surface area contributed by atoms with Crippen LogP contribution in [-0.2, 0) is 0 Å². The maximum Gasteiger partial charge on any atom is 0.348 e. The number of amides is 1. The molecule has 0 aliphatic heterocycles. The standard InChI is InChI=1S/C22H15Cl2N5O2/c23-15-8-6-14(7-9-15)19-20(27-26-18-4-2-1-3-5-18)21(30)29(28-19)22(31)25-17-12-10-16(24)11-13-17/h1-13,28H,(H,25,31). The van der Waals surface area contributed by atoms with E-state index in [0.29, 0.717) is 32.7 Å². The van der Waals surface area contributed by atoms with Crippen molar-refractivity contribution >= 4 is 46.3 Å². The SMILES string of the molecule is O=C(Nc1ccc(Cl)cc1)n1[nH]c(-c2ccc(Cl)cc2)c(N=Nc2ccccc2)c1=O. The van der Waals surface area contributed by atoms with E-state index in [0.717, 1.165) is 4.68 Å². The Morgan fingerprint density at radius 2 is 1.45 bits per heavy atom. The van der Waals surface area contributed by atoms with E-state index in [2.05, 4.69) is 20.6 Å². The highest BCUT2D eigenvalue weighted by Gasteiger charge is 2.20. The van der Waals surface area contributed by atoms with Gasteiger partial charge in [-0.25, -0.2) is 4.79 Å². The first-order valence-electron chi connectivity index (χ1n) is 9.16. The average molecular weight is 452 g/mol. The minimum absolute atomic E-state index is 0.00238. The highest BCUT2D eigenvalue weighted by atomic mass is 35.5. The fourth-order valence-electron chi connectivity index (χ4n) is 2.80. The molecule has 0 aliphatic carbocycles. The summed E-state index contributed by atoms with van der Waals surface area (Å²) in [7, 11) is 0. The topological polar surface area (TPSA) is 91.6 Å². The largest absolute Gasteiger partial charge is 0.348 e. The molecule has 0 saturated carbocycles. The molecule has 1 amide bonds. The molecule has 0 fully saturated rings. The van der Waals surface area contributed by atoms with Crippen LogP contribution in [0, 0.1) is 0 Å². The van der Waals surface area contributed by atoms with E-state index in [9.17, 15) is 9.59 Å². The van der Waals surface area contributed by atoms with Crippen LogP contribution in [0.2, 0.25) is 10.0 Å². The van der Waals surface area contributed by atoms with E-state index < -0.39 is 11.6 Å². The normalized spacial score (nSPS) is 11.0. The Morgan fingerprint density at radius 1 is 0.839 bits per heavy atom. The van der Waals surface area contributed by atoms with Crippen molar-refractivity contribution in [3.63, 3.8) is 0 Å². The van der Waals surface area contributed by atoms with Gasteiger partial charge in [0.25, 0.3) is 0 Å². The summed E-state index contributed by atoms with van der Waals surface area (Å²) < 4.78 is 0.845. The number of nitrogens with zero attached hydrogens (tertiary/aromatic N) is 3. The van der Waals surface area contributed by atoms with Gasteiger partial charge in [0.05, 0.1) is 11.4 Å². The van der Waals surface area contributed by atoms with Crippen molar-refractivity contribution in [2.45, 2.75) is 0 Å². The molecule has 0 saturated heterocycles. The summed E-state index contributed by atoms with van der Waals surface area (Å²) in [5.41, 5.74) is 1.38. The third-order valence-corrected chi connectivity index (χ3v) is 4.82. The fraction of sp³-hybridized carbons (Fsp3) is 0. The van der Waals surface area contributed by atoms with Crippen molar-refractivity contribution in [2.75, 3.05) is 5.32 Å². The van der Waals surface area contributed by atoms with Gasteiger partial charge in [-0.3, -0.25) is 9.89 Å². The lowest BCUT2D eigenvalue weighted by Gasteiger charge is -2.05. The van der Waals surface area contributed by atoms with Gasteiger partial charge in [0.15, 0.2) is 5.69 Å². The predicted molar refractivity (Wildman–Crippen MR) is 122 cm³/mol. The van der Waals surface area contributed by atoms with Gasteiger partial charge in [-0.2, -0.15) is 9.80 Å². The zero-order valence-corrected chi connectivity index (χ0v) is 17.4. The summed E-state index contributed by atoms with van der Waals surface area (Å²) in [6.07, 6.45) is 0. The highest BCUT2D eigenvalue weighted by molar-refractivity contribution is 6.30. The first kappa shape index (κ1) is 20.6. The predicted octanol–water partition coefficient (Wildman–Crippen LogP) is 6.65. The fourth-order valence-corrected chi connectivity index (χ4v) is 3.05. The molecule has 31 heavy (non-hydrogen) atoms. The van der Waals surface area contributed by atoms with Gasteiger partial charge >= 0.3 is 11.6 Å². The molecule has 3 aromatic carbocycles. The number of azo groups is 1. The van der Waals surface area contributed by atoms with Gasteiger partial charge in [-0.15, -0.1) is 5.11 Å². The maximum absolute atomic E-state index is 13.0. The number of hydrogen-bond donors (Lipinski definition) is 2. The van der Waals surface area contributed by atoms with Gasteiger partial charge in [0, 0.05) is 21.3 Å². The Morgan fingerprint density at radius 3 is 2.10 bits per heavy atom. The minimum Gasteiger partial charge on any atom is -0.306 e. The van der Waals surface area contributed by atoms with E-state index in [4.69, 9.17) is 23.2 Å². The first-order valence-corrected chi connectivity index (χ1v) is 9.91. The first-order chi connectivity index (χ1) is 15.0. The van der Waals surface area contributed by atoms with Gasteiger partial charge in [-0.05, 0) is 48.5 Å². The average Bonchev–Trinajstić information content (AvgIpc) is 3.11. The Bertz CT molecular complexity index is 1290. The van der Waals surface area contributed by atoms with E-state index >= 15 is 0 Å². The molecule has 2 N–H and O–H groups in total. The third kappa shape index (κ3) is 4.74.